The molecule has 0 aliphatic rings. The molecule has 2 aromatic heterocycles. The molecule has 0 radical (unpaired) electrons. The highest BCUT2D eigenvalue weighted by Gasteiger charge is 2.32. The average molecular weight is 479 g/mol. The maximum atomic E-state index is 13.1. The summed E-state index contributed by atoms with van der Waals surface area (Å²) in [7, 11) is 1.69. The van der Waals surface area contributed by atoms with Gasteiger partial charge in [-0.25, -0.2) is 15.0 Å². The van der Waals surface area contributed by atoms with E-state index >= 15 is 0 Å². The molecule has 0 aliphatic heterocycles. The minimum Gasteiger partial charge on any atom is -0.383 e. The van der Waals surface area contributed by atoms with Crippen molar-refractivity contribution in [2.75, 3.05) is 18.1 Å². The molecule has 0 spiro atoms. The van der Waals surface area contributed by atoms with Crippen LogP contribution in [0.2, 0.25) is 0 Å². The molecule has 0 saturated heterocycles. The minimum atomic E-state index is -4.53. The van der Waals surface area contributed by atoms with Gasteiger partial charge >= 0.3 is 6.18 Å². The summed E-state index contributed by atoms with van der Waals surface area (Å²) in [4.78, 5) is 37.1. The SMILES string of the molecule is CNCc1c(N)ncnc1C(=O)NCc1ncc(C(=O)Nc2ccc(C)c(C(F)(F)F)c2)s1. The second-order valence-electron chi connectivity index (χ2n) is 6.90. The lowest BCUT2D eigenvalue weighted by molar-refractivity contribution is -0.138. The third kappa shape index (κ3) is 5.81. The molecule has 13 heteroatoms. The van der Waals surface area contributed by atoms with E-state index in [1.807, 2.05) is 0 Å². The zero-order valence-corrected chi connectivity index (χ0v) is 18.4. The Bertz CT molecular complexity index is 1180. The molecule has 2 heterocycles. The van der Waals surface area contributed by atoms with E-state index in [2.05, 4.69) is 30.9 Å². The molecule has 0 atom stereocenters. The van der Waals surface area contributed by atoms with Gasteiger partial charge in [-0.15, -0.1) is 11.3 Å². The quantitative estimate of drug-likeness (QED) is 0.409. The summed E-state index contributed by atoms with van der Waals surface area (Å²) < 4.78 is 39.2. The lowest BCUT2D eigenvalue weighted by atomic mass is 10.1. The summed E-state index contributed by atoms with van der Waals surface area (Å²) in [6, 6.07) is 3.56. The number of carbonyl (C=O) groups excluding carboxylic acids is 2. The van der Waals surface area contributed by atoms with E-state index in [0.717, 1.165) is 17.4 Å². The monoisotopic (exact) mass is 479 g/mol. The van der Waals surface area contributed by atoms with Gasteiger partial charge in [0.05, 0.1) is 18.3 Å². The Hall–Kier alpha value is -3.58. The number of nitrogens with zero attached hydrogens (tertiary/aromatic N) is 3. The number of nitrogens with two attached hydrogens (primary N) is 1. The summed E-state index contributed by atoms with van der Waals surface area (Å²) in [6.45, 7) is 1.66. The zero-order chi connectivity index (χ0) is 24.2. The minimum absolute atomic E-state index is 0.0135. The number of anilines is 2. The average Bonchev–Trinajstić information content (AvgIpc) is 3.23. The van der Waals surface area contributed by atoms with Gasteiger partial charge in [0.2, 0.25) is 0 Å². The highest BCUT2D eigenvalue weighted by Crippen LogP contribution is 2.33. The summed E-state index contributed by atoms with van der Waals surface area (Å²) in [5, 5.41) is 8.40. The van der Waals surface area contributed by atoms with Crippen molar-refractivity contribution in [3.8, 4) is 0 Å². The molecule has 3 rings (SSSR count). The summed E-state index contributed by atoms with van der Waals surface area (Å²) in [6.07, 6.45) is -2.05. The number of aromatic nitrogens is 3. The number of nitrogen functional groups attached to an aromatic ring is 1. The van der Waals surface area contributed by atoms with Crippen LogP contribution in [0.3, 0.4) is 0 Å². The number of alkyl halides is 3. The molecule has 5 N–H and O–H groups in total. The van der Waals surface area contributed by atoms with E-state index in [-0.39, 0.29) is 34.2 Å². The van der Waals surface area contributed by atoms with Crippen LogP contribution in [0.5, 0.6) is 0 Å². The van der Waals surface area contributed by atoms with Gasteiger partial charge in [-0.05, 0) is 31.7 Å². The van der Waals surface area contributed by atoms with Gasteiger partial charge in [-0.2, -0.15) is 13.2 Å². The van der Waals surface area contributed by atoms with Crippen molar-refractivity contribution in [1.29, 1.82) is 0 Å². The summed E-state index contributed by atoms with van der Waals surface area (Å²) in [5.74, 6) is -0.917. The number of benzene rings is 1. The molecular formula is C20H20F3N7O2S. The molecule has 33 heavy (non-hydrogen) atoms. The molecular weight excluding hydrogens is 459 g/mol. The number of halogens is 3. The molecule has 2 amide bonds. The van der Waals surface area contributed by atoms with Gasteiger partial charge < -0.3 is 21.7 Å². The Balaban J connectivity index is 1.65. The molecule has 174 valence electrons. The Kier molecular flexibility index (Phi) is 7.23. The van der Waals surface area contributed by atoms with Crippen LogP contribution in [0.1, 0.15) is 41.9 Å². The van der Waals surface area contributed by atoms with E-state index in [1.165, 1.54) is 31.6 Å². The topological polar surface area (TPSA) is 135 Å². The summed E-state index contributed by atoms with van der Waals surface area (Å²) >= 11 is 0.998. The van der Waals surface area contributed by atoms with Crippen molar-refractivity contribution < 1.29 is 22.8 Å². The third-order valence-electron chi connectivity index (χ3n) is 4.53. The second kappa shape index (κ2) is 9.92. The highest BCUT2D eigenvalue weighted by molar-refractivity contribution is 7.13. The Labute approximate surface area is 190 Å². The molecule has 0 bridgehead atoms. The number of amides is 2. The Morgan fingerprint density at radius 1 is 1.12 bits per heavy atom. The first-order chi connectivity index (χ1) is 15.6. The first kappa shape index (κ1) is 24.1. The standard InChI is InChI=1S/C20H20F3N7O2S/c1-10-3-4-11(5-13(10)20(21,22)23)30-18(31)14-7-26-15(33-14)8-27-19(32)16-12(6-25-2)17(24)29-9-28-16/h3-5,7,9,25H,6,8H2,1-2H3,(H,27,32)(H,30,31)(H2,24,28,29). The van der Waals surface area contributed by atoms with Crippen LogP contribution in [0.4, 0.5) is 24.7 Å². The van der Waals surface area contributed by atoms with Gasteiger partial charge in [0.25, 0.3) is 11.8 Å². The lowest BCUT2D eigenvalue weighted by Crippen LogP contribution is -2.27. The molecule has 9 nitrogen and oxygen atoms in total. The van der Waals surface area contributed by atoms with E-state index < -0.39 is 23.6 Å². The molecule has 0 aliphatic carbocycles. The first-order valence-corrected chi connectivity index (χ1v) is 10.4. The second-order valence-corrected chi connectivity index (χ2v) is 8.01. The van der Waals surface area contributed by atoms with Gasteiger partial charge in [0.1, 0.15) is 27.7 Å². The van der Waals surface area contributed by atoms with E-state index in [4.69, 9.17) is 5.73 Å². The first-order valence-electron chi connectivity index (χ1n) is 9.56. The largest absolute Gasteiger partial charge is 0.416 e. The van der Waals surface area contributed by atoms with Crippen molar-refractivity contribution in [2.45, 2.75) is 26.2 Å². The van der Waals surface area contributed by atoms with Crippen LogP contribution in [0, 0.1) is 6.92 Å². The fourth-order valence-corrected chi connectivity index (χ4v) is 3.66. The Morgan fingerprint density at radius 2 is 1.88 bits per heavy atom. The Morgan fingerprint density at radius 3 is 2.58 bits per heavy atom. The van der Waals surface area contributed by atoms with Gasteiger partial charge in [-0.3, -0.25) is 9.59 Å². The molecule has 1 aromatic carbocycles. The number of rotatable bonds is 7. The maximum Gasteiger partial charge on any atom is 0.416 e. The van der Waals surface area contributed by atoms with Gasteiger partial charge in [0.15, 0.2) is 0 Å². The summed E-state index contributed by atoms with van der Waals surface area (Å²) in [5.41, 5.74) is 5.62. The fourth-order valence-electron chi connectivity index (χ4n) is 2.91. The van der Waals surface area contributed by atoms with Crippen LogP contribution in [0.25, 0.3) is 0 Å². The number of aryl methyl sites for hydroxylation is 1. The fraction of sp³-hybridized carbons (Fsp3) is 0.250. The maximum absolute atomic E-state index is 13.1. The number of nitrogens with one attached hydrogen (secondary N) is 3. The molecule has 0 fully saturated rings. The predicted molar refractivity (Wildman–Crippen MR) is 117 cm³/mol. The third-order valence-corrected chi connectivity index (χ3v) is 5.52. The van der Waals surface area contributed by atoms with Crippen LogP contribution in [-0.2, 0) is 19.3 Å². The number of carbonyl (C=O) groups is 2. The van der Waals surface area contributed by atoms with Crippen LogP contribution >= 0.6 is 11.3 Å². The van der Waals surface area contributed by atoms with E-state index in [9.17, 15) is 22.8 Å². The van der Waals surface area contributed by atoms with E-state index in [0.29, 0.717) is 17.1 Å². The smallest absolute Gasteiger partial charge is 0.383 e. The molecule has 3 aromatic rings. The number of hydrogen-bond acceptors (Lipinski definition) is 8. The molecule has 0 unspecified atom stereocenters. The van der Waals surface area contributed by atoms with Crippen LogP contribution < -0.4 is 21.7 Å². The predicted octanol–water partition coefficient (Wildman–Crippen LogP) is 2.74. The highest BCUT2D eigenvalue weighted by atomic mass is 32.1. The van der Waals surface area contributed by atoms with E-state index in [1.54, 1.807) is 7.05 Å². The lowest BCUT2D eigenvalue weighted by Gasteiger charge is -2.12. The van der Waals surface area contributed by atoms with Gasteiger partial charge in [0, 0.05) is 17.8 Å². The van der Waals surface area contributed by atoms with Crippen LogP contribution in [-0.4, -0.2) is 33.8 Å². The number of thiazole rings is 1. The van der Waals surface area contributed by atoms with Crippen molar-refractivity contribution in [3.05, 3.63) is 63.0 Å². The van der Waals surface area contributed by atoms with Crippen molar-refractivity contribution in [2.24, 2.45) is 0 Å². The van der Waals surface area contributed by atoms with Crippen LogP contribution in [0.15, 0.2) is 30.7 Å². The van der Waals surface area contributed by atoms with Crippen molar-refractivity contribution >= 4 is 34.7 Å². The molecule has 0 saturated carbocycles. The normalized spacial score (nSPS) is 11.3. The van der Waals surface area contributed by atoms with Crippen molar-refractivity contribution in [3.63, 3.8) is 0 Å². The zero-order valence-electron chi connectivity index (χ0n) is 17.6. The number of hydrogen-bond donors (Lipinski definition) is 4. The van der Waals surface area contributed by atoms with Gasteiger partial charge in [-0.1, -0.05) is 6.07 Å². The van der Waals surface area contributed by atoms with Crippen molar-refractivity contribution in [1.82, 2.24) is 25.6 Å².